The summed E-state index contributed by atoms with van der Waals surface area (Å²) in [7, 11) is 0. The number of carbonyl (C=O) groups is 3. The van der Waals surface area contributed by atoms with Crippen molar-refractivity contribution in [1.29, 1.82) is 0 Å². The third kappa shape index (κ3) is 6.22. The van der Waals surface area contributed by atoms with Gasteiger partial charge in [0, 0.05) is 30.1 Å². The highest BCUT2D eigenvalue weighted by molar-refractivity contribution is 6.04. The van der Waals surface area contributed by atoms with E-state index in [4.69, 9.17) is 4.42 Å². The van der Waals surface area contributed by atoms with Crippen LogP contribution in [0.4, 0.5) is 5.69 Å². The minimum atomic E-state index is -0.327. The first kappa shape index (κ1) is 22.6. The SMILES string of the molecule is O=C(Cc1ccc(NC(=O)c2cc3ccccc3o2)cc1)NCCNC(=O)C1CCCCC1. The van der Waals surface area contributed by atoms with E-state index in [0.717, 1.165) is 36.6 Å². The van der Waals surface area contributed by atoms with Gasteiger partial charge in [0.1, 0.15) is 5.58 Å². The summed E-state index contributed by atoms with van der Waals surface area (Å²) in [5.41, 5.74) is 2.12. The van der Waals surface area contributed by atoms with Crippen molar-refractivity contribution in [2.24, 2.45) is 5.92 Å². The van der Waals surface area contributed by atoms with Gasteiger partial charge in [0.15, 0.2) is 5.76 Å². The number of anilines is 1. The molecule has 0 bridgehead atoms. The maximum atomic E-state index is 12.4. The molecule has 2 aromatic carbocycles. The van der Waals surface area contributed by atoms with Crippen molar-refractivity contribution in [2.45, 2.75) is 38.5 Å². The number of hydrogen-bond donors (Lipinski definition) is 3. The van der Waals surface area contributed by atoms with Gasteiger partial charge in [-0.2, -0.15) is 0 Å². The Morgan fingerprint density at radius 3 is 2.36 bits per heavy atom. The molecule has 1 aromatic heterocycles. The third-order valence-corrected chi connectivity index (χ3v) is 5.95. The van der Waals surface area contributed by atoms with E-state index in [1.165, 1.54) is 6.42 Å². The van der Waals surface area contributed by atoms with Gasteiger partial charge in [0.2, 0.25) is 11.8 Å². The lowest BCUT2D eigenvalue weighted by Crippen LogP contribution is -2.38. The van der Waals surface area contributed by atoms with Crippen LogP contribution in [-0.4, -0.2) is 30.8 Å². The Hall–Kier alpha value is -3.61. The zero-order valence-electron chi connectivity index (χ0n) is 18.6. The number of para-hydroxylation sites is 1. The molecule has 4 rings (SSSR count). The molecule has 0 atom stereocenters. The first-order chi connectivity index (χ1) is 16.1. The van der Waals surface area contributed by atoms with E-state index in [0.29, 0.717) is 24.4 Å². The maximum absolute atomic E-state index is 12.4. The van der Waals surface area contributed by atoms with Gasteiger partial charge in [0.25, 0.3) is 5.91 Å². The number of rotatable bonds is 8. The Morgan fingerprint density at radius 2 is 1.61 bits per heavy atom. The van der Waals surface area contributed by atoms with Crippen molar-refractivity contribution >= 4 is 34.4 Å². The molecule has 7 nitrogen and oxygen atoms in total. The normalized spacial score (nSPS) is 14.1. The van der Waals surface area contributed by atoms with E-state index in [1.807, 2.05) is 24.3 Å². The van der Waals surface area contributed by atoms with E-state index >= 15 is 0 Å². The summed E-state index contributed by atoms with van der Waals surface area (Å²) in [6, 6.07) is 16.3. The van der Waals surface area contributed by atoms with Crippen molar-refractivity contribution in [1.82, 2.24) is 10.6 Å². The second kappa shape index (κ2) is 10.8. The van der Waals surface area contributed by atoms with Gasteiger partial charge in [-0.15, -0.1) is 0 Å². The molecule has 3 amide bonds. The molecule has 7 heteroatoms. The molecule has 33 heavy (non-hydrogen) atoms. The predicted octanol–water partition coefficient (Wildman–Crippen LogP) is 4.04. The van der Waals surface area contributed by atoms with Crippen LogP contribution in [0.25, 0.3) is 11.0 Å². The Bertz CT molecular complexity index is 1080. The highest BCUT2D eigenvalue weighted by Crippen LogP contribution is 2.23. The summed E-state index contributed by atoms with van der Waals surface area (Å²) in [4.78, 5) is 36.7. The van der Waals surface area contributed by atoms with E-state index in [-0.39, 0.29) is 35.8 Å². The summed E-state index contributed by atoms with van der Waals surface area (Å²) < 4.78 is 5.58. The molecule has 1 heterocycles. The molecule has 3 N–H and O–H groups in total. The predicted molar refractivity (Wildman–Crippen MR) is 127 cm³/mol. The van der Waals surface area contributed by atoms with Crippen LogP contribution in [0.15, 0.2) is 59.0 Å². The minimum Gasteiger partial charge on any atom is -0.451 e. The van der Waals surface area contributed by atoms with Gasteiger partial charge in [-0.05, 0) is 42.7 Å². The van der Waals surface area contributed by atoms with Crippen molar-refractivity contribution in [3.63, 3.8) is 0 Å². The summed E-state index contributed by atoms with van der Waals surface area (Å²) in [5.74, 6) is 0.0349. The number of benzene rings is 2. The highest BCUT2D eigenvalue weighted by atomic mass is 16.3. The van der Waals surface area contributed by atoms with Crippen LogP contribution >= 0.6 is 0 Å². The third-order valence-electron chi connectivity index (χ3n) is 5.95. The highest BCUT2D eigenvalue weighted by Gasteiger charge is 2.20. The van der Waals surface area contributed by atoms with Gasteiger partial charge in [0.05, 0.1) is 6.42 Å². The Morgan fingerprint density at radius 1 is 0.879 bits per heavy atom. The fraction of sp³-hybridized carbons (Fsp3) is 0.346. The molecule has 1 saturated carbocycles. The van der Waals surface area contributed by atoms with Gasteiger partial charge >= 0.3 is 0 Å². The largest absolute Gasteiger partial charge is 0.451 e. The number of fused-ring (bicyclic) bond motifs is 1. The zero-order chi connectivity index (χ0) is 23.0. The summed E-state index contributed by atoms with van der Waals surface area (Å²) in [5, 5.41) is 9.43. The average molecular weight is 448 g/mol. The Labute approximate surface area is 192 Å². The summed E-state index contributed by atoms with van der Waals surface area (Å²) >= 11 is 0. The van der Waals surface area contributed by atoms with Gasteiger partial charge in [-0.3, -0.25) is 14.4 Å². The van der Waals surface area contributed by atoms with Crippen LogP contribution < -0.4 is 16.0 Å². The lowest BCUT2D eigenvalue weighted by atomic mass is 9.89. The molecule has 0 radical (unpaired) electrons. The van der Waals surface area contributed by atoms with E-state index in [2.05, 4.69) is 16.0 Å². The average Bonchev–Trinajstić information content (AvgIpc) is 3.28. The van der Waals surface area contributed by atoms with Crippen LogP contribution in [0.2, 0.25) is 0 Å². The Balaban J connectivity index is 1.19. The monoisotopic (exact) mass is 447 g/mol. The standard InChI is InChI=1S/C26H29N3O4/c30-24(27-14-15-28-25(31)19-6-2-1-3-7-19)16-18-10-12-21(13-11-18)29-26(32)23-17-20-8-4-5-9-22(20)33-23/h4-5,8-13,17,19H,1-3,6-7,14-16H2,(H,27,30)(H,28,31)(H,29,32). The smallest absolute Gasteiger partial charge is 0.291 e. The van der Waals surface area contributed by atoms with E-state index < -0.39 is 0 Å². The molecule has 1 aliphatic rings. The molecule has 1 fully saturated rings. The van der Waals surface area contributed by atoms with Gasteiger partial charge in [-0.1, -0.05) is 49.6 Å². The number of nitrogens with one attached hydrogen (secondary N) is 3. The molecule has 172 valence electrons. The quantitative estimate of drug-likeness (QED) is 0.454. The lowest BCUT2D eigenvalue weighted by molar-refractivity contribution is -0.126. The van der Waals surface area contributed by atoms with Crippen molar-refractivity contribution in [3.05, 3.63) is 65.9 Å². The van der Waals surface area contributed by atoms with Crippen LogP contribution in [0, 0.1) is 5.92 Å². The molecular weight excluding hydrogens is 418 g/mol. The second-order valence-corrected chi connectivity index (χ2v) is 8.45. The number of carbonyl (C=O) groups excluding carboxylic acids is 3. The van der Waals surface area contributed by atoms with Crippen molar-refractivity contribution in [2.75, 3.05) is 18.4 Å². The number of amides is 3. The number of furan rings is 1. The fourth-order valence-corrected chi connectivity index (χ4v) is 4.14. The second-order valence-electron chi connectivity index (χ2n) is 8.45. The van der Waals surface area contributed by atoms with Crippen LogP contribution in [-0.2, 0) is 16.0 Å². The number of hydrogen-bond acceptors (Lipinski definition) is 4. The molecular formula is C26H29N3O4. The summed E-state index contributed by atoms with van der Waals surface area (Å²) in [6.45, 7) is 0.844. The topological polar surface area (TPSA) is 100 Å². The van der Waals surface area contributed by atoms with Crippen LogP contribution in [0.5, 0.6) is 0 Å². The zero-order valence-corrected chi connectivity index (χ0v) is 18.6. The molecule has 1 aliphatic carbocycles. The maximum Gasteiger partial charge on any atom is 0.291 e. The summed E-state index contributed by atoms with van der Waals surface area (Å²) in [6.07, 6.45) is 5.62. The molecule has 3 aromatic rings. The first-order valence-corrected chi connectivity index (χ1v) is 11.5. The molecule has 0 saturated heterocycles. The minimum absolute atomic E-state index is 0.101. The first-order valence-electron chi connectivity index (χ1n) is 11.5. The van der Waals surface area contributed by atoms with Crippen LogP contribution in [0.3, 0.4) is 0 Å². The van der Waals surface area contributed by atoms with E-state index in [1.54, 1.807) is 30.3 Å². The van der Waals surface area contributed by atoms with Gasteiger partial charge in [-0.25, -0.2) is 0 Å². The Kier molecular flexibility index (Phi) is 7.40. The molecule has 0 unspecified atom stereocenters. The lowest BCUT2D eigenvalue weighted by Gasteiger charge is -2.20. The van der Waals surface area contributed by atoms with E-state index in [9.17, 15) is 14.4 Å². The van der Waals surface area contributed by atoms with Crippen molar-refractivity contribution < 1.29 is 18.8 Å². The van der Waals surface area contributed by atoms with Gasteiger partial charge < -0.3 is 20.4 Å². The van der Waals surface area contributed by atoms with Crippen LogP contribution in [0.1, 0.15) is 48.2 Å². The molecule has 0 aliphatic heterocycles. The van der Waals surface area contributed by atoms with Crippen molar-refractivity contribution in [3.8, 4) is 0 Å². The fourth-order valence-electron chi connectivity index (χ4n) is 4.14. The molecule has 0 spiro atoms.